The Kier molecular flexibility index (Phi) is 5.39. The highest BCUT2D eigenvalue weighted by Crippen LogP contribution is 2.29. The molecule has 29 heavy (non-hydrogen) atoms. The van der Waals surface area contributed by atoms with Gasteiger partial charge >= 0.3 is 0 Å². The van der Waals surface area contributed by atoms with E-state index < -0.39 is 0 Å². The molecule has 9 heteroatoms. The van der Waals surface area contributed by atoms with Crippen LogP contribution in [-0.2, 0) is 21.0 Å². The zero-order valence-electron chi connectivity index (χ0n) is 15.5. The largest absolute Gasteiger partial charge is 0.458 e. The number of hydrogen-bond donors (Lipinski definition) is 2. The molecule has 0 fully saturated rings. The highest BCUT2D eigenvalue weighted by atomic mass is 32.1. The average Bonchev–Trinajstić information content (AvgIpc) is 3.47. The van der Waals surface area contributed by atoms with E-state index in [4.69, 9.17) is 9.25 Å². The van der Waals surface area contributed by atoms with E-state index in [1.807, 2.05) is 30.3 Å². The van der Waals surface area contributed by atoms with Crippen molar-refractivity contribution in [3.05, 3.63) is 59.2 Å². The number of amides is 2. The lowest BCUT2D eigenvalue weighted by molar-refractivity contribution is -0.119. The maximum absolute atomic E-state index is 12.5. The fourth-order valence-corrected chi connectivity index (χ4v) is 3.49. The van der Waals surface area contributed by atoms with Crippen LogP contribution in [0.5, 0.6) is 0 Å². The van der Waals surface area contributed by atoms with E-state index in [0.717, 1.165) is 5.56 Å². The number of carbonyl (C=O) groups excluding carboxylic acids is 2. The van der Waals surface area contributed by atoms with E-state index in [9.17, 15) is 9.59 Å². The van der Waals surface area contributed by atoms with Gasteiger partial charge in [-0.05, 0) is 17.7 Å². The van der Waals surface area contributed by atoms with Gasteiger partial charge in [-0.25, -0.2) is 4.98 Å². The Balaban J connectivity index is 1.36. The smallest absolute Gasteiger partial charge is 0.275 e. The number of furan rings is 1. The molecule has 0 aliphatic carbocycles. The maximum atomic E-state index is 12.5. The Bertz CT molecular complexity index is 1060. The van der Waals surface area contributed by atoms with Crippen LogP contribution >= 0.6 is 11.3 Å². The third-order valence-corrected chi connectivity index (χ3v) is 5.01. The molecule has 4 rings (SSSR count). The summed E-state index contributed by atoms with van der Waals surface area (Å²) in [6.07, 6.45) is 0.146. The molecule has 2 amide bonds. The third-order valence-electron chi connectivity index (χ3n) is 4.25. The molecule has 0 saturated carbocycles. The van der Waals surface area contributed by atoms with Gasteiger partial charge in [0.2, 0.25) is 5.91 Å². The molecule has 2 aromatic heterocycles. The lowest BCUT2D eigenvalue weighted by atomic mass is 10.0. The van der Waals surface area contributed by atoms with E-state index in [1.54, 1.807) is 17.5 Å². The number of benzene rings is 1. The Morgan fingerprint density at radius 1 is 1.21 bits per heavy atom. The normalized spacial score (nSPS) is 15.5. The van der Waals surface area contributed by atoms with Crippen molar-refractivity contribution < 1.29 is 18.8 Å². The number of rotatable bonds is 6. The molecule has 0 saturated heterocycles. The maximum Gasteiger partial charge on any atom is 0.275 e. The van der Waals surface area contributed by atoms with Gasteiger partial charge in [0, 0.05) is 18.7 Å². The minimum Gasteiger partial charge on any atom is -0.458 e. The zero-order valence-corrected chi connectivity index (χ0v) is 16.4. The highest BCUT2D eigenvalue weighted by molar-refractivity contribution is 7.14. The fourth-order valence-electron chi connectivity index (χ4n) is 2.79. The molecule has 1 aliphatic rings. The molecule has 1 unspecified atom stereocenters. The summed E-state index contributed by atoms with van der Waals surface area (Å²) in [5, 5.41) is 11.6. The first-order valence-electron chi connectivity index (χ1n) is 8.96. The van der Waals surface area contributed by atoms with Gasteiger partial charge in [-0.3, -0.25) is 14.9 Å². The lowest BCUT2D eigenvalue weighted by Gasteiger charge is -2.07. The van der Waals surface area contributed by atoms with Crippen LogP contribution in [0.1, 0.15) is 30.8 Å². The van der Waals surface area contributed by atoms with Crippen LogP contribution in [-0.4, -0.2) is 22.5 Å². The second kappa shape index (κ2) is 8.27. The monoisotopic (exact) mass is 410 g/mol. The second-order valence-corrected chi connectivity index (χ2v) is 7.27. The van der Waals surface area contributed by atoms with Crippen molar-refractivity contribution in [2.24, 2.45) is 5.16 Å². The van der Waals surface area contributed by atoms with E-state index >= 15 is 0 Å². The summed E-state index contributed by atoms with van der Waals surface area (Å²) in [6.45, 7) is 1.76. The molecule has 1 aliphatic heterocycles. The number of carbonyl (C=O) groups is 2. The Hall–Kier alpha value is -3.46. The Labute approximate surface area is 170 Å². The highest BCUT2D eigenvalue weighted by Gasteiger charge is 2.27. The zero-order chi connectivity index (χ0) is 20.2. The van der Waals surface area contributed by atoms with Crippen molar-refractivity contribution in [2.75, 3.05) is 5.32 Å². The van der Waals surface area contributed by atoms with Crippen LogP contribution in [0.3, 0.4) is 0 Å². The molecule has 0 bridgehead atoms. The van der Waals surface area contributed by atoms with Gasteiger partial charge in [-0.2, -0.15) is 0 Å². The number of nitrogens with one attached hydrogen (secondary N) is 2. The molecular formula is C20H18N4O4S. The summed E-state index contributed by atoms with van der Waals surface area (Å²) in [7, 11) is 0. The topological polar surface area (TPSA) is 106 Å². The summed E-state index contributed by atoms with van der Waals surface area (Å²) in [5.41, 5.74) is 1.90. The predicted molar refractivity (Wildman–Crippen MR) is 108 cm³/mol. The fraction of sp³-hybridized carbons (Fsp3) is 0.200. The summed E-state index contributed by atoms with van der Waals surface area (Å²) >= 11 is 1.29. The van der Waals surface area contributed by atoms with Gasteiger partial charge in [-0.1, -0.05) is 35.5 Å². The van der Waals surface area contributed by atoms with Crippen LogP contribution in [0.4, 0.5) is 5.13 Å². The molecule has 3 heterocycles. The number of thiazole rings is 1. The SMILES string of the molecule is CC(=O)NCc1ccc(-c2csc(NC(=O)C3=NOC(c4ccccc4)C3)n2)o1. The molecule has 148 valence electrons. The number of hydrogen-bond acceptors (Lipinski definition) is 7. The van der Waals surface area contributed by atoms with Crippen molar-refractivity contribution in [3.8, 4) is 11.5 Å². The lowest BCUT2D eigenvalue weighted by Crippen LogP contribution is -2.21. The first-order chi connectivity index (χ1) is 14.1. The predicted octanol–water partition coefficient (Wildman–Crippen LogP) is 3.50. The van der Waals surface area contributed by atoms with Crippen molar-refractivity contribution in [2.45, 2.75) is 26.0 Å². The van der Waals surface area contributed by atoms with Gasteiger partial charge in [0.1, 0.15) is 17.2 Å². The number of oxime groups is 1. The quantitative estimate of drug-likeness (QED) is 0.647. The van der Waals surface area contributed by atoms with Gasteiger partial charge in [-0.15, -0.1) is 11.3 Å². The third kappa shape index (κ3) is 4.52. The summed E-state index contributed by atoms with van der Waals surface area (Å²) < 4.78 is 5.67. The van der Waals surface area contributed by atoms with Crippen LogP contribution in [0.25, 0.3) is 11.5 Å². The van der Waals surface area contributed by atoms with Gasteiger partial charge in [0.05, 0.1) is 6.54 Å². The molecule has 0 radical (unpaired) electrons. The van der Waals surface area contributed by atoms with E-state index in [2.05, 4.69) is 20.8 Å². The van der Waals surface area contributed by atoms with Crippen molar-refractivity contribution in [1.82, 2.24) is 10.3 Å². The minimum atomic E-state index is -0.338. The van der Waals surface area contributed by atoms with Crippen molar-refractivity contribution in [1.29, 1.82) is 0 Å². The van der Waals surface area contributed by atoms with Crippen LogP contribution < -0.4 is 10.6 Å². The van der Waals surface area contributed by atoms with Crippen LogP contribution in [0.2, 0.25) is 0 Å². The van der Waals surface area contributed by atoms with Crippen molar-refractivity contribution in [3.63, 3.8) is 0 Å². The van der Waals surface area contributed by atoms with E-state index in [1.165, 1.54) is 18.3 Å². The molecule has 3 aromatic rings. The average molecular weight is 410 g/mol. The molecule has 0 spiro atoms. The Morgan fingerprint density at radius 2 is 2.03 bits per heavy atom. The number of anilines is 1. The van der Waals surface area contributed by atoms with E-state index in [-0.39, 0.29) is 17.9 Å². The van der Waals surface area contributed by atoms with Gasteiger partial charge in [0.25, 0.3) is 5.91 Å². The molecule has 8 nitrogen and oxygen atoms in total. The first kappa shape index (κ1) is 18.9. The van der Waals surface area contributed by atoms with Crippen LogP contribution in [0.15, 0.2) is 57.4 Å². The standard InChI is InChI=1S/C20H18N4O4S/c1-12(25)21-10-14-7-8-17(27-14)16-11-29-20(22-16)23-19(26)15-9-18(28-24-15)13-5-3-2-4-6-13/h2-8,11,18H,9-10H2,1H3,(H,21,25)(H,22,23,26). The van der Waals surface area contributed by atoms with Gasteiger partial charge < -0.3 is 14.6 Å². The summed E-state index contributed by atoms with van der Waals surface area (Å²) in [5.74, 6) is 0.719. The first-order valence-corrected chi connectivity index (χ1v) is 9.84. The summed E-state index contributed by atoms with van der Waals surface area (Å²) in [6, 6.07) is 13.2. The van der Waals surface area contributed by atoms with E-state index in [0.29, 0.717) is 41.0 Å². The molecule has 2 N–H and O–H groups in total. The molecule has 1 aromatic carbocycles. The number of aromatic nitrogens is 1. The van der Waals surface area contributed by atoms with Crippen LogP contribution in [0, 0.1) is 0 Å². The van der Waals surface area contributed by atoms with Crippen molar-refractivity contribution >= 4 is 34.0 Å². The van der Waals surface area contributed by atoms with Gasteiger partial charge in [0.15, 0.2) is 17.0 Å². The molecular weight excluding hydrogens is 392 g/mol. The minimum absolute atomic E-state index is 0.130. The molecule has 1 atom stereocenters. The second-order valence-electron chi connectivity index (χ2n) is 6.41. The number of nitrogens with zero attached hydrogens (tertiary/aromatic N) is 2. The summed E-state index contributed by atoms with van der Waals surface area (Å²) in [4.78, 5) is 33.2. The Morgan fingerprint density at radius 3 is 2.83 bits per heavy atom.